The third-order valence-corrected chi connectivity index (χ3v) is 3.94. The highest BCUT2D eigenvalue weighted by atomic mass is 19.1. The number of rotatable bonds is 4. The Balaban J connectivity index is 1.88. The third-order valence-electron chi connectivity index (χ3n) is 3.94. The number of nitrogens with one attached hydrogen (secondary N) is 1. The van der Waals surface area contributed by atoms with Crippen LogP contribution in [0.15, 0.2) is 24.3 Å². The van der Waals surface area contributed by atoms with Crippen LogP contribution >= 0.6 is 0 Å². The van der Waals surface area contributed by atoms with Gasteiger partial charge in [0, 0.05) is 19.6 Å². The van der Waals surface area contributed by atoms with Gasteiger partial charge in [-0.05, 0) is 68.6 Å². The van der Waals surface area contributed by atoms with E-state index >= 15 is 0 Å². The van der Waals surface area contributed by atoms with Crippen LogP contribution in [-0.2, 0) is 0 Å². The summed E-state index contributed by atoms with van der Waals surface area (Å²) in [5.74, 6) is -0.126. The number of allylic oxidation sites excluding steroid dienone is 1. The fourth-order valence-electron chi connectivity index (χ4n) is 2.60. The number of hydrogen-bond donors (Lipinski definition) is 1. The molecule has 1 aromatic carbocycles. The van der Waals surface area contributed by atoms with E-state index in [9.17, 15) is 4.39 Å². The Hall–Kier alpha value is -1.19. The van der Waals surface area contributed by atoms with Crippen molar-refractivity contribution in [2.24, 2.45) is 0 Å². The Labute approximate surface area is 121 Å². The summed E-state index contributed by atoms with van der Waals surface area (Å²) in [7, 11) is 0. The van der Waals surface area contributed by atoms with Gasteiger partial charge in [0.15, 0.2) is 0 Å². The summed E-state index contributed by atoms with van der Waals surface area (Å²) in [6.07, 6.45) is 4.56. The van der Waals surface area contributed by atoms with E-state index in [-0.39, 0.29) is 5.82 Å². The highest BCUT2D eigenvalue weighted by Crippen LogP contribution is 2.18. The van der Waals surface area contributed by atoms with Crippen LogP contribution in [-0.4, -0.2) is 37.6 Å². The summed E-state index contributed by atoms with van der Waals surface area (Å²) < 4.78 is 13.3. The van der Waals surface area contributed by atoms with Crippen molar-refractivity contribution in [1.82, 2.24) is 10.2 Å². The van der Waals surface area contributed by atoms with E-state index < -0.39 is 0 Å². The Morgan fingerprint density at radius 1 is 1.35 bits per heavy atom. The molecule has 0 aliphatic carbocycles. The standard InChI is InChI=1S/C17H25FN2/c1-14(16-6-7-17(18)15(2)13-16)5-3-10-20-11-4-8-19-9-12-20/h5-7,13,19H,3-4,8-12H2,1-2H3/b14-5+. The van der Waals surface area contributed by atoms with Gasteiger partial charge in [-0.1, -0.05) is 12.1 Å². The van der Waals surface area contributed by atoms with Gasteiger partial charge in [0.2, 0.25) is 0 Å². The van der Waals surface area contributed by atoms with Crippen LogP contribution in [0.5, 0.6) is 0 Å². The first-order chi connectivity index (χ1) is 9.66. The topological polar surface area (TPSA) is 15.3 Å². The van der Waals surface area contributed by atoms with E-state index in [1.807, 2.05) is 19.1 Å². The van der Waals surface area contributed by atoms with Crippen molar-refractivity contribution in [3.63, 3.8) is 0 Å². The highest BCUT2D eigenvalue weighted by Gasteiger charge is 2.07. The van der Waals surface area contributed by atoms with Crippen LogP contribution in [0.1, 0.15) is 30.9 Å². The molecule has 0 unspecified atom stereocenters. The van der Waals surface area contributed by atoms with E-state index in [1.54, 1.807) is 6.07 Å². The molecule has 1 saturated heterocycles. The smallest absolute Gasteiger partial charge is 0.126 e. The average Bonchev–Trinajstić information content (AvgIpc) is 2.70. The summed E-state index contributed by atoms with van der Waals surface area (Å²) in [6, 6.07) is 5.35. The van der Waals surface area contributed by atoms with Crippen molar-refractivity contribution in [2.45, 2.75) is 26.7 Å². The molecule has 0 radical (unpaired) electrons. The molecule has 0 atom stereocenters. The summed E-state index contributed by atoms with van der Waals surface area (Å²) in [5.41, 5.74) is 3.08. The van der Waals surface area contributed by atoms with Gasteiger partial charge in [-0.2, -0.15) is 0 Å². The lowest BCUT2D eigenvalue weighted by atomic mass is 10.0. The molecule has 2 nitrogen and oxygen atoms in total. The first-order valence-corrected chi connectivity index (χ1v) is 7.53. The van der Waals surface area contributed by atoms with Crippen LogP contribution in [0.4, 0.5) is 4.39 Å². The van der Waals surface area contributed by atoms with Gasteiger partial charge >= 0.3 is 0 Å². The fourth-order valence-corrected chi connectivity index (χ4v) is 2.60. The molecule has 20 heavy (non-hydrogen) atoms. The van der Waals surface area contributed by atoms with Gasteiger partial charge in [-0.3, -0.25) is 0 Å². The SMILES string of the molecule is C/C(=C\CCN1CCCNCC1)c1ccc(F)c(C)c1. The van der Waals surface area contributed by atoms with Crippen molar-refractivity contribution in [3.8, 4) is 0 Å². The third kappa shape index (κ3) is 4.43. The summed E-state index contributed by atoms with van der Waals surface area (Å²) in [4.78, 5) is 2.51. The molecule has 1 aromatic rings. The predicted octanol–water partition coefficient (Wildman–Crippen LogP) is 3.22. The molecule has 3 heteroatoms. The lowest BCUT2D eigenvalue weighted by Crippen LogP contribution is -2.28. The number of aryl methyl sites for hydroxylation is 1. The molecule has 0 saturated carbocycles. The van der Waals surface area contributed by atoms with Crippen LogP contribution in [0, 0.1) is 12.7 Å². The van der Waals surface area contributed by atoms with Gasteiger partial charge < -0.3 is 10.2 Å². The summed E-state index contributed by atoms with van der Waals surface area (Å²) in [5, 5.41) is 3.42. The van der Waals surface area contributed by atoms with Crippen molar-refractivity contribution < 1.29 is 4.39 Å². The van der Waals surface area contributed by atoms with Crippen LogP contribution in [0.3, 0.4) is 0 Å². The molecule has 110 valence electrons. The zero-order chi connectivity index (χ0) is 14.4. The van der Waals surface area contributed by atoms with E-state index in [0.717, 1.165) is 38.2 Å². The maximum absolute atomic E-state index is 13.3. The number of benzene rings is 1. The first-order valence-electron chi connectivity index (χ1n) is 7.53. The van der Waals surface area contributed by atoms with Crippen molar-refractivity contribution >= 4 is 5.57 Å². The minimum absolute atomic E-state index is 0.126. The largest absolute Gasteiger partial charge is 0.315 e. The van der Waals surface area contributed by atoms with Gasteiger partial charge in [-0.25, -0.2) is 4.39 Å². The second-order valence-electron chi connectivity index (χ2n) is 5.58. The van der Waals surface area contributed by atoms with Gasteiger partial charge in [0.1, 0.15) is 5.82 Å². The molecule has 1 fully saturated rings. The molecular formula is C17H25FN2. The van der Waals surface area contributed by atoms with Gasteiger partial charge in [0.05, 0.1) is 0 Å². The molecule has 0 bridgehead atoms. The minimum Gasteiger partial charge on any atom is -0.315 e. The van der Waals surface area contributed by atoms with E-state index in [1.165, 1.54) is 18.5 Å². The number of halogens is 1. The number of hydrogen-bond acceptors (Lipinski definition) is 2. The van der Waals surface area contributed by atoms with E-state index in [2.05, 4.69) is 23.2 Å². The highest BCUT2D eigenvalue weighted by molar-refractivity contribution is 5.64. The first kappa shape index (κ1) is 15.2. The zero-order valence-corrected chi connectivity index (χ0v) is 12.6. The Bertz CT molecular complexity index is 460. The molecule has 0 amide bonds. The summed E-state index contributed by atoms with van der Waals surface area (Å²) in [6.45, 7) is 9.60. The monoisotopic (exact) mass is 276 g/mol. The molecule has 2 rings (SSSR count). The Kier molecular flexibility index (Phi) is 5.74. The lowest BCUT2D eigenvalue weighted by molar-refractivity contribution is 0.298. The van der Waals surface area contributed by atoms with Crippen LogP contribution < -0.4 is 5.32 Å². The lowest BCUT2D eigenvalue weighted by Gasteiger charge is -2.18. The normalized spacial score (nSPS) is 18.1. The van der Waals surface area contributed by atoms with Gasteiger partial charge in [0.25, 0.3) is 0 Å². The molecule has 1 heterocycles. The minimum atomic E-state index is -0.126. The van der Waals surface area contributed by atoms with E-state index in [0.29, 0.717) is 5.56 Å². The molecular weight excluding hydrogens is 251 g/mol. The fraction of sp³-hybridized carbons (Fsp3) is 0.529. The molecule has 1 N–H and O–H groups in total. The van der Waals surface area contributed by atoms with Crippen molar-refractivity contribution in [3.05, 3.63) is 41.2 Å². The predicted molar refractivity (Wildman–Crippen MR) is 83.3 cm³/mol. The number of nitrogens with zero attached hydrogens (tertiary/aromatic N) is 1. The van der Waals surface area contributed by atoms with Crippen LogP contribution in [0.2, 0.25) is 0 Å². The quantitative estimate of drug-likeness (QED) is 0.908. The maximum atomic E-state index is 13.3. The van der Waals surface area contributed by atoms with Gasteiger partial charge in [-0.15, -0.1) is 0 Å². The Morgan fingerprint density at radius 3 is 3.00 bits per heavy atom. The van der Waals surface area contributed by atoms with Crippen molar-refractivity contribution in [1.29, 1.82) is 0 Å². The molecule has 0 aromatic heterocycles. The Morgan fingerprint density at radius 2 is 2.20 bits per heavy atom. The second-order valence-corrected chi connectivity index (χ2v) is 5.58. The molecule has 0 spiro atoms. The zero-order valence-electron chi connectivity index (χ0n) is 12.6. The van der Waals surface area contributed by atoms with Crippen LogP contribution in [0.25, 0.3) is 5.57 Å². The molecule has 1 aliphatic heterocycles. The van der Waals surface area contributed by atoms with E-state index in [4.69, 9.17) is 0 Å². The second kappa shape index (κ2) is 7.55. The summed E-state index contributed by atoms with van der Waals surface area (Å²) >= 11 is 0. The maximum Gasteiger partial charge on any atom is 0.126 e. The molecule has 1 aliphatic rings. The van der Waals surface area contributed by atoms with Crippen molar-refractivity contribution in [2.75, 3.05) is 32.7 Å². The average molecular weight is 276 g/mol.